The monoisotopic (exact) mass is 364 g/mol. The SMILES string of the molecule is CCCC(=O)Nc1ccc(C(=O)CSc2nnc(NCC)s2)cc1. The Labute approximate surface area is 149 Å². The Morgan fingerprint density at radius 1 is 1.17 bits per heavy atom. The van der Waals surface area contributed by atoms with Crippen molar-refractivity contribution in [2.45, 2.75) is 31.0 Å². The molecular formula is C16H20N4O2S2. The Morgan fingerprint density at radius 2 is 1.92 bits per heavy atom. The van der Waals surface area contributed by atoms with E-state index in [4.69, 9.17) is 0 Å². The van der Waals surface area contributed by atoms with Gasteiger partial charge >= 0.3 is 0 Å². The van der Waals surface area contributed by atoms with E-state index < -0.39 is 0 Å². The quantitative estimate of drug-likeness (QED) is 0.521. The lowest BCUT2D eigenvalue weighted by molar-refractivity contribution is -0.116. The molecule has 1 aromatic heterocycles. The van der Waals surface area contributed by atoms with E-state index in [2.05, 4.69) is 20.8 Å². The van der Waals surface area contributed by atoms with E-state index in [0.29, 0.717) is 23.4 Å². The number of benzene rings is 1. The summed E-state index contributed by atoms with van der Waals surface area (Å²) in [4.78, 5) is 23.8. The molecule has 24 heavy (non-hydrogen) atoms. The molecule has 0 aliphatic heterocycles. The normalized spacial score (nSPS) is 10.4. The second-order valence-corrected chi connectivity index (χ2v) is 7.19. The van der Waals surface area contributed by atoms with Crippen LogP contribution in [0.5, 0.6) is 0 Å². The molecule has 0 fully saturated rings. The number of anilines is 2. The molecule has 0 aliphatic carbocycles. The summed E-state index contributed by atoms with van der Waals surface area (Å²) >= 11 is 2.82. The molecule has 0 saturated heterocycles. The minimum absolute atomic E-state index is 0.0140. The topological polar surface area (TPSA) is 84.0 Å². The number of nitrogens with one attached hydrogen (secondary N) is 2. The summed E-state index contributed by atoms with van der Waals surface area (Å²) in [5, 5.41) is 14.7. The zero-order valence-corrected chi connectivity index (χ0v) is 15.3. The summed E-state index contributed by atoms with van der Waals surface area (Å²) in [7, 11) is 0. The van der Waals surface area contributed by atoms with Gasteiger partial charge in [-0.1, -0.05) is 30.0 Å². The lowest BCUT2D eigenvalue weighted by Gasteiger charge is -2.05. The van der Waals surface area contributed by atoms with Crippen molar-refractivity contribution >= 4 is 45.6 Å². The number of carbonyl (C=O) groups excluding carboxylic acids is 2. The van der Waals surface area contributed by atoms with E-state index >= 15 is 0 Å². The van der Waals surface area contributed by atoms with Gasteiger partial charge in [0, 0.05) is 24.2 Å². The fourth-order valence-electron chi connectivity index (χ4n) is 1.89. The molecule has 1 aromatic carbocycles. The minimum atomic E-state index is -0.0140. The number of thioether (sulfide) groups is 1. The largest absolute Gasteiger partial charge is 0.360 e. The number of hydrogen-bond donors (Lipinski definition) is 2. The summed E-state index contributed by atoms with van der Waals surface area (Å²) in [6.45, 7) is 4.74. The van der Waals surface area contributed by atoms with Crippen molar-refractivity contribution in [1.29, 1.82) is 0 Å². The maximum Gasteiger partial charge on any atom is 0.224 e. The zero-order valence-electron chi connectivity index (χ0n) is 13.7. The van der Waals surface area contributed by atoms with Crippen LogP contribution in [0.4, 0.5) is 10.8 Å². The third kappa shape index (κ3) is 5.61. The molecule has 8 heteroatoms. The molecule has 2 aromatic rings. The van der Waals surface area contributed by atoms with Gasteiger partial charge in [0.2, 0.25) is 11.0 Å². The van der Waals surface area contributed by atoms with Crippen LogP contribution in [0.1, 0.15) is 37.0 Å². The highest BCUT2D eigenvalue weighted by molar-refractivity contribution is 8.01. The Hall–Kier alpha value is -1.93. The smallest absolute Gasteiger partial charge is 0.224 e. The third-order valence-corrected chi connectivity index (χ3v) is 5.04. The molecule has 1 amide bonds. The summed E-state index contributed by atoms with van der Waals surface area (Å²) in [6.07, 6.45) is 1.30. The molecule has 0 spiro atoms. The molecule has 0 unspecified atom stereocenters. The second kappa shape index (κ2) is 9.39. The third-order valence-electron chi connectivity index (χ3n) is 3.03. The van der Waals surface area contributed by atoms with Crippen LogP contribution >= 0.6 is 23.1 Å². The number of nitrogens with zero attached hydrogens (tertiary/aromatic N) is 2. The highest BCUT2D eigenvalue weighted by atomic mass is 32.2. The van der Waals surface area contributed by atoms with Gasteiger partial charge < -0.3 is 10.6 Å². The number of aromatic nitrogens is 2. The fraction of sp³-hybridized carbons (Fsp3) is 0.375. The number of ketones is 1. The fourth-order valence-corrected chi connectivity index (χ4v) is 3.61. The first kappa shape index (κ1) is 18.4. The van der Waals surface area contributed by atoms with Crippen LogP contribution in [-0.2, 0) is 4.79 Å². The van der Waals surface area contributed by atoms with Crippen molar-refractivity contribution in [3.63, 3.8) is 0 Å². The maximum atomic E-state index is 12.2. The molecule has 0 atom stereocenters. The van der Waals surface area contributed by atoms with Crippen LogP contribution in [0.2, 0.25) is 0 Å². The summed E-state index contributed by atoms with van der Waals surface area (Å²) in [6, 6.07) is 6.96. The molecule has 0 aliphatic rings. The highest BCUT2D eigenvalue weighted by Gasteiger charge is 2.10. The van der Waals surface area contributed by atoms with Crippen LogP contribution in [-0.4, -0.2) is 34.2 Å². The van der Waals surface area contributed by atoms with E-state index in [0.717, 1.165) is 22.4 Å². The highest BCUT2D eigenvalue weighted by Crippen LogP contribution is 2.26. The van der Waals surface area contributed by atoms with Crippen molar-refractivity contribution < 1.29 is 9.59 Å². The molecule has 0 saturated carbocycles. The average Bonchev–Trinajstić information content (AvgIpc) is 3.01. The molecule has 6 nitrogen and oxygen atoms in total. The Morgan fingerprint density at radius 3 is 2.58 bits per heavy atom. The molecule has 1 heterocycles. The first-order valence-electron chi connectivity index (χ1n) is 7.75. The molecular weight excluding hydrogens is 344 g/mol. The minimum Gasteiger partial charge on any atom is -0.360 e. The number of Topliss-reactive ketones (excluding diaryl/α,β-unsaturated/α-hetero) is 1. The number of carbonyl (C=O) groups is 2. The van der Waals surface area contributed by atoms with Gasteiger partial charge in [-0.25, -0.2) is 0 Å². The molecule has 0 radical (unpaired) electrons. The predicted molar refractivity (Wildman–Crippen MR) is 99.1 cm³/mol. The van der Waals surface area contributed by atoms with Crippen molar-refractivity contribution in [3.05, 3.63) is 29.8 Å². The van der Waals surface area contributed by atoms with Crippen molar-refractivity contribution in [1.82, 2.24) is 10.2 Å². The standard InChI is InChI=1S/C16H20N4O2S2/c1-3-5-14(22)18-12-8-6-11(7-9-12)13(21)10-23-16-20-19-15(24-16)17-4-2/h6-9H,3-5,10H2,1-2H3,(H,17,19)(H,18,22). The van der Waals surface area contributed by atoms with Crippen molar-refractivity contribution in [3.8, 4) is 0 Å². The molecule has 2 N–H and O–H groups in total. The zero-order chi connectivity index (χ0) is 17.4. The molecule has 2 rings (SSSR count). The van der Waals surface area contributed by atoms with Gasteiger partial charge in [0.05, 0.1) is 5.75 Å². The van der Waals surface area contributed by atoms with Gasteiger partial charge in [-0.05, 0) is 37.6 Å². The first-order valence-corrected chi connectivity index (χ1v) is 9.55. The van der Waals surface area contributed by atoms with Crippen LogP contribution in [0.25, 0.3) is 0 Å². The summed E-state index contributed by atoms with van der Waals surface area (Å²) < 4.78 is 0.766. The van der Waals surface area contributed by atoms with E-state index in [1.165, 1.54) is 23.1 Å². The second-order valence-electron chi connectivity index (χ2n) is 4.99. The Bertz CT molecular complexity index is 686. The Kier molecular flexibility index (Phi) is 7.20. The molecule has 128 valence electrons. The van der Waals surface area contributed by atoms with Crippen LogP contribution in [0.3, 0.4) is 0 Å². The van der Waals surface area contributed by atoms with Gasteiger partial charge in [0.25, 0.3) is 0 Å². The Balaban J connectivity index is 1.86. The van der Waals surface area contributed by atoms with Crippen molar-refractivity contribution in [2.24, 2.45) is 0 Å². The van der Waals surface area contributed by atoms with Crippen LogP contribution in [0.15, 0.2) is 28.6 Å². The number of rotatable bonds is 9. The molecule has 0 bridgehead atoms. The van der Waals surface area contributed by atoms with Crippen LogP contribution < -0.4 is 10.6 Å². The number of hydrogen-bond acceptors (Lipinski definition) is 7. The van der Waals surface area contributed by atoms with E-state index in [1.807, 2.05) is 13.8 Å². The van der Waals surface area contributed by atoms with Crippen molar-refractivity contribution in [2.75, 3.05) is 22.9 Å². The van der Waals surface area contributed by atoms with Gasteiger partial charge in [-0.3, -0.25) is 9.59 Å². The van der Waals surface area contributed by atoms with Gasteiger partial charge in [-0.2, -0.15) is 0 Å². The number of amides is 1. The van der Waals surface area contributed by atoms with Crippen LogP contribution in [0, 0.1) is 0 Å². The van der Waals surface area contributed by atoms with Gasteiger partial charge in [-0.15, -0.1) is 10.2 Å². The summed E-state index contributed by atoms with van der Waals surface area (Å²) in [5.74, 6) is 0.314. The average molecular weight is 364 g/mol. The van der Waals surface area contributed by atoms with E-state index in [-0.39, 0.29) is 11.7 Å². The summed E-state index contributed by atoms with van der Waals surface area (Å²) in [5.41, 5.74) is 1.32. The van der Waals surface area contributed by atoms with E-state index in [1.54, 1.807) is 24.3 Å². The lowest BCUT2D eigenvalue weighted by atomic mass is 10.1. The lowest BCUT2D eigenvalue weighted by Crippen LogP contribution is -2.10. The van der Waals surface area contributed by atoms with E-state index in [9.17, 15) is 9.59 Å². The first-order chi connectivity index (χ1) is 11.6. The maximum absolute atomic E-state index is 12.2. The van der Waals surface area contributed by atoms with Gasteiger partial charge in [0.15, 0.2) is 10.1 Å². The predicted octanol–water partition coefficient (Wildman–Crippen LogP) is 3.68. The van der Waals surface area contributed by atoms with Gasteiger partial charge in [0.1, 0.15) is 0 Å².